The molecule has 3 aromatic rings. The van der Waals surface area contributed by atoms with Crippen LogP contribution >= 0.6 is 11.6 Å². The number of likely N-dealkylation sites (N-methyl/N-ethyl adjacent to an activating group) is 1. The van der Waals surface area contributed by atoms with Crippen LogP contribution in [-0.4, -0.2) is 62.5 Å². The van der Waals surface area contributed by atoms with Gasteiger partial charge in [0, 0.05) is 61.7 Å². The lowest BCUT2D eigenvalue weighted by Crippen LogP contribution is -2.36. The number of halogens is 2. The number of benzene rings is 1. The summed E-state index contributed by atoms with van der Waals surface area (Å²) in [7, 11) is 0. The van der Waals surface area contributed by atoms with Gasteiger partial charge in [-0.25, -0.2) is 14.4 Å². The molecule has 8 nitrogen and oxygen atoms in total. The van der Waals surface area contributed by atoms with Crippen molar-refractivity contribution in [2.45, 2.75) is 58.5 Å². The van der Waals surface area contributed by atoms with E-state index in [9.17, 15) is 9.18 Å². The van der Waals surface area contributed by atoms with Crippen LogP contribution in [-0.2, 0) is 17.8 Å². The minimum atomic E-state index is -0.429. The minimum Gasteiger partial charge on any atom is -0.341 e. The maximum absolute atomic E-state index is 13.8. The van der Waals surface area contributed by atoms with E-state index in [0.29, 0.717) is 24.2 Å². The van der Waals surface area contributed by atoms with Gasteiger partial charge in [0.2, 0.25) is 11.9 Å². The van der Waals surface area contributed by atoms with Crippen molar-refractivity contribution < 1.29 is 9.18 Å². The molecule has 1 N–H and O–H groups in total. The summed E-state index contributed by atoms with van der Waals surface area (Å²) in [6.45, 7) is 11.0. The minimum absolute atomic E-state index is 0.0376. The van der Waals surface area contributed by atoms with Crippen LogP contribution in [0, 0.1) is 5.82 Å². The van der Waals surface area contributed by atoms with E-state index >= 15 is 0 Å². The number of fused-ring (bicyclic) bond motifs is 1. The van der Waals surface area contributed by atoms with Crippen molar-refractivity contribution in [2.24, 2.45) is 0 Å². The van der Waals surface area contributed by atoms with E-state index in [0.717, 1.165) is 68.2 Å². The quantitative estimate of drug-likeness (QED) is 0.457. The third kappa shape index (κ3) is 5.48. The molecule has 2 aromatic heterocycles. The van der Waals surface area contributed by atoms with Crippen LogP contribution in [0.5, 0.6) is 0 Å². The molecule has 0 atom stereocenters. The molecule has 2 aliphatic rings. The highest BCUT2D eigenvalue weighted by molar-refractivity contribution is 6.31. The van der Waals surface area contributed by atoms with Crippen molar-refractivity contribution in [3.63, 3.8) is 0 Å². The highest BCUT2D eigenvalue weighted by Crippen LogP contribution is 2.33. The van der Waals surface area contributed by atoms with Crippen LogP contribution in [0.25, 0.3) is 11.3 Å². The summed E-state index contributed by atoms with van der Waals surface area (Å²) >= 11 is 6.08. The number of aromatic nitrogens is 4. The predicted molar refractivity (Wildman–Crippen MR) is 144 cm³/mol. The molecule has 1 amide bonds. The number of hydrogen-bond acceptors (Lipinski definition) is 6. The number of anilines is 2. The predicted octanol–water partition coefficient (Wildman–Crippen LogP) is 4.74. The van der Waals surface area contributed by atoms with Gasteiger partial charge in [-0.05, 0) is 51.4 Å². The summed E-state index contributed by atoms with van der Waals surface area (Å²) in [6, 6.07) is 5.24. The molecule has 0 unspecified atom stereocenters. The topological polar surface area (TPSA) is 79.2 Å². The number of nitrogens with one attached hydrogen (secondary N) is 1. The van der Waals surface area contributed by atoms with E-state index in [4.69, 9.17) is 16.6 Å². The summed E-state index contributed by atoms with van der Waals surface area (Å²) in [4.78, 5) is 30.4. The largest absolute Gasteiger partial charge is 0.341 e. The first-order chi connectivity index (χ1) is 17.8. The number of carbonyl (C=O) groups is 1. The van der Waals surface area contributed by atoms with E-state index in [2.05, 4.69) is 56.6 Å². The van der Waals surface area contributed by atoms with Gasteiger partial charge in [0.05, 0.1) is 17.1 Å². The fourth-order valence-electron chi connectivity index (χ4n) is 5.22. The summed E-state index contributed by atoms with van der Waals surface area (Å²) < 4.78 is 16.0. The molecule has 37 heavy (non-hydrogen) atoms. The van der Waals surface area contributed by atoms with Crippen molar-refractivity contribution in [3.8, 4) is 11.3 Å². The molecule has 0 saturated carbocycles. The maximum atomic E-state index is 13.8. The normalized spacial score (nSPS) is 16.1. The van der Waals surface area contributed by atoms with Gasteiger partial charge in [-0.2, -0.15) is 4.98 Å². The number of piperidine rings is 1. The lowest BCUT2D eigenvalue weighted by atomic mass is 9.96. The molecular weight excluding hydrogens is 493 g/mol. The van der Waals surface area contributed by atoms with E-state index in [1.807, 2.05) is 0 Å². The number of hydrogen-bond donors (Lipinski definition) is 1. The van der Waals surface area contributed by atoms with Crippen LogP contribution < -0.4 is 10.2 Å². The molecule has 4 heterocycles. The second-order valence-electron chi connectivity index (χ2n) is 10.1. The first-order valence-corrected chi connectivity index (χ1v) is 13.4. The fraction of sp³-hybridized carbons (Fsp3) is 0.481. The summed E-state index contributed by atoms with van der Waals surface area (Å²) in [5, 5.41) is 2.91. The Balaban J connectivity index is 1.35. The van der Waals surface area contributed by atoms with E-state index in [1.165, 1.54) is 6.07 Å². The SMILES string of the molecule is CCN(CCn1cc(-c2ccc(F)c(Cl)c2)nc1C1CCN(c2ncc3c(n2)NC(=O)C3)CC1)C(C)C. The molecular formula is C27H33ClFN7O. The number of carbonyl (C=O) groups excluding carboxylic acids is 1. The van der Waals surface area contributed by atoms with Crippen molar-refractivity contribution in [3.05, 3.63) is 52.8 Å². The van der Waals surface area contributed by atoms with Gasteiger partial charge in [0.25, 0.3) is 0 Å². The number of amides is 1. The summed E-state index contributed by atoms with van der Waals surface area (Å²) in [5.74, 6) is 2.15. The third-order valence-corrected chi connectivity index (χ3v) is 7.68. The molecule has 0 bridgehead atoms. The maximum Gasteiger partial charge on any atom is 0.230 e. The number of imidazole rings is 1. The lowest BCUT2D eigenvalue weighted by molar-refractivity contribution is -0.115. The second-order valence-corrected chi connectivity index (χ2v) is 10.5. The second kappa shape index (κ2) is 10.8. The standard InChI is InChI=1S/C27H33ClFN7O/c1-4-34(17(2)3)11-12-36-16-23(19-5-6-22(29)21(28)13-19)31-26(36)18-7-9-35(10-8-18)27-30-15-20-14-24(37)32-25(20)33-27/h5-6,13,15-18H,4,7-12,14H2,1-3H3,(H,30,32,33,37). The molecule has 0 spiro atoms. The van der Waals surface area contributed by atoms with Crippen molar-refractivity contribution >= 4 is 29.3 Å². The third-order valence-electron chi connectivity index (χ3n) is 7.39. The summed E-state index contributed by atoms with van der Waals surface area (Å²) in [5.41, 5.74) is 2.47. The Morgan fingerprint density at radius 1 is 1.24 bits per heavy atom. The molecule has 10 heteroatoms. The lowest BCUT2D eigenvalue weighted by Gasteiger charge is -2.32. The number of nitrogens with zero attached hydrogens (tertiary/aromatic N) is 6. The van der Waals surface area contributed by atoms with Crippen LogP contribution in [0.3, 0.4) is 0 Å². The van der Waals surface area contributed by atoms with Crippen molar-refractivity contribution in [2.75, 3.05) is 36.4 Å². The Morgan fingerprint density at radius 3 is 2.73 bits per heavy atom. The zero-order valence-corrected chi connectivity index (χ0v) is 22.3. The van der Waals surface area contributed by atoms with Gasteiger partial charge in [0.1, 0.15) is 17.5 Å². The van der Waals surface area contributed by atoms with E-state index < -0.39 is 5.82 Å². The Bertz CT molecular complexity index is 1290. The molecule has 1 aromatic carbocycles. The van der Waals surface area contributed by atoms with Crippen LogP contribution in [0.1, 0.15) is 50.9 Å². The molecule has 1 saturated heterocycles. The van der Waals surface area contributed by atoms with Gasteiger partial charge in [-0.15, -0.1) is 0 Å². The highest BCUT2D eigenvalue weighted by atomic mass is 35.5. The fourth-order valence-corrected chi connectivity index (χ4v) is 5.40. The average molecular weight is 526 g/mol. The van der Waals surface area contributed by atoms with Crippen LogP contribution in [0.4, 0.5) is 16.2 Å². The average Bonchev–Trinajstić information content (AvgIpc) is 3.48. The van der Waals surface area contributed by atoms with Gasteiger partial charge in [-0.3, -0.25) is 9.69 Å². The Hall–Kier alpha value is -3.04. The molecule has 1 fully saturated rings. The van der Waals surface area contributed by atoms with Gasteiger partial charge in [0.15, 0.2) is 0 Å². The summed E-state index contributed by atoms with van der Waals surface area (Å²) in [6.07, 6.45) is 5.99. The zero-order valence-electron chi connectivity index (χ0n) is 21.5. The highest BCUT2D eigenvalue weighted by Gasteiger charge is 2.28. The van der Waals surface area contributed by atoms with Gasteiger partial charge < -0.3 is 14.8 Å². The first kappa shape index (κ1) is 25.6. The van der Waals surface area contributed by atoms with Crippen LogP contribution in [0.2, 0.25) is 5.02 Å². The van der Waals surface area contributed by atoms with Crippen LogP contribution in [0.15, 0.2) is 30.6 Å². The first-order valence-electron chi connectivity index (χ1n) is 13.0. The molecule has 5 rings (SSSR count). The molecule has 0 aliphatic carbocycles. The molecule has 0 radical (unpaired) electrons. The Labute approximate surface area is 221 Å². The monoisotopic (exact) mass is 525 g/mol. The van der Waals surface area contributed by atoms with Crippen molar-refractivity contribution in [1.82, 2.24) is 24.4 Å². The van der Waals surface area contributed by atoms with Gasteiger partial charge >= 0.3 is 0 Å². The molecule has 2 aliphatic heterocycles. The smallest absolute Gasteiger partial charge is 0.230 e. The Morgan fingerprint density at radius 2 is 2.03 bits per heavy atom. The Kier molecular flexibility index (Phi) is 7.44. The van der Waals surface area contributed by atoms with E-state index in [1.54, 1.807) is 18.3 Å². The van der Waals surface area contributed by atoms with Crippen molar-refractivity contribution in [1.29, 1.82) is 0 Å². The zero-order chi connectivity index (χ0) is 26.1. The number of rotatable bonds is 8. The molecule has 196 valence electrons. The van der Waals surface area contributed by atoms with E-state index in [-0.39, 0.29) is 16.8 Å². The van der Waals surface area contributed by atoms with Gasteiger partial charge in [-0.1, -0.05) is 18.5 Å².